The molecule has 0 aliphatic carbocycles. The van der Waals surface area contributed by atoms with E-state index in [1.165, 1.54) is 36.8 Å². The number of esters is 1. The van der Waals surface area contributed by atoms with Gasteiger partial charge in [0.25, 0.3) is 5.91 Å². The van der Waals surface area contributed by atoms with Crippen LogP contribution in [0.15, 0.2) is 65.7 Å². The summed E-state index contributed by atoms with van der Waals surface area (Å²) >= 11 is 1.28. The normalized spacial score (nSPS) is 12.0. The zero-order chi connectivity index (χ0) is 23.8. The predicted molar refractivity (Wildman–Crippen MR) is 129 cm³/mol. The molecule has 0 saturated carbocycles. The number of amides is 2. The first kappa shape index (κ1) is 23.9. The van der Waals surface area contributed by atoms with Gasteiger partial charge in [-0.25, -0.2) is 9.78 Å². The second kappa shape index (κ2) is 11.2. The minimum Gasteiger partial charge on any atom is -0.448 e. The van der Waals surface area contributed by atoms with Gasteiger partial charge in [0, 0.05) is 17.9 Å². The minimum atomic E-state index is -1.10. The van der Waals surface area contributed by atoms with E-state index in [-0.39, 0.29) is 5.70 Å². The number of ether oxygens (including phenoxy) is 1. The van der Waals surface area contributed by atoms with E-state index < -0.39 is 23.9 Å². The van der Waals surface area contributed by atoms with E-state index in [0.29, 0.717) is 10.7 Å². The Morgan fingerprint density at radius 3 is 2.42 bits per heavy atom. The molecule has 33 heavy (non-hydrogen) atoms. The third-order valence-electron chi connectivity index (χ3n) is 4.69. The number of aryl methyl sites for hydroxylation is 1. The van der Waals surface area contributed by atoms with Crippen molar-refractivity contribution < 1.29 is 19.1 Å². The highest BCUT2D eigenvalue weighted by atomic mass is 32.1. The van der Waals surface area contributed by atoms with Gasteiger partial charge in [0.05, 0.1) is 5.69 Å². The van der Waals surface area contributed by atoms with Gasteiger partial charge < -0.3 is 10.1 Å². The molecule has 3 rings (SSSR count). The number of carbonyl (C=O) groups is 3. The first-order chi connectivity index (χ1) is 15.9. The monoisotopic (exact) mass is 463 g/mol. The summed E-state index contributed by atoms with van der Waals surface area (Å²) in [6, 6.07) is 17.1. The number of benzene rings is 2. The Bertz CT molecular complexity index is 1150. The number of hydrogen-bond donors (Lipinski definition) is 2. The zero-order valence-electron chi connectivity index (χ0n) is 18.6. The first-order valence-corrected chi connectivity index (χ1v) is 11.3. The van der Waals surface area contributed by atoms with E-state index in [1.807, 2.05) is 35.7 Å². The maximum atomic E-state index is 12.6. The van der Waals surface area contributed by atoms with E-state index in [2.05, 4.69) is 22.5 Å². The van der Waals surface area contributed by atoms with Crippen molar-refractivity contribution in [1.82, 2.24) is 10.3 Å². The quantitative estimate of drug-likeness (QED) is 0.381. The van der Waals surface area contributed by atoms with E-state index in [4.69, 9.17) is 4.74 Å². The standard InChI is InChI=1S/C25H25N3O4S/c1-4-18-10-12-20(13-11-18)22-15-33-25(27-22)28-23(30)16(2)32-24(31)21(26-17(3)29)14-19-8-6-5-7-9-19/h5-16H,4H2,1-3H3,(H,26,29)(H,27,28,30)/b21-14-. The van der Waals surface area contributed by atoms with Crippen LogP contribution in [0.5, 0.6) is 0 Å². The second-order valence-corrected chi connectivity index (χ2v) is 8.13. The summed E-state index contributed by atoms with van der Waals surface area (Å²) in [5, 5.41) is 7.39. The number of carbonyl (C=O) groups excluding carboxylic acids is 3. The summed E-state index contributed by atoms with van der Waals surface area (Å²) in [6.07, 6.45) is 1.35. The first-order valence-electron chi connectivity index (χ1n) is 10.5. The molecule has 8 heteroatoms. The van der Waals surface area contributed by atoms with Gasteiger partial charge in [-0.2, -0.15) is 0 Å². The fourth-order valence-electron chi connectivity index (χ4n) is 2.91. The van der Waals surface area contributed by atoms with Gasteiger partial charge in [-0.05, 0) is 30.5 Å². The maximum absolute atomic E-state index is 12.6. The molecule has 0 aliphatic rings. The number of thiazole rings is 1. The average Bonchev–Trinajstić information content (AvgIpc) is 3.27. The van der Waals surface area contributed by atoms with Gasteiger partial charge >= 0.3 is 5.97 Å². The van der Waals surface area contributed by atoms with Crippen LogP contribution in [0.4, 0.5) is 5.13 Å². The third kappa shape index (κ3) is 6.85. The fraction of sp³-hybridized carbons (Fsp3) is 0.200. The van der Waals surface area contributed by atoms with Crippen LogP contribution in [-0.2, 0) is 25.5 Å². The fourth-order valence-corrected chi connectivity index (χ4v) is 3.63. The Kier molecular flexibility index (Phi) is 8.10. The lowest BCUT2D eigenvalue weighted by atomic mass is 10.1. The number of aromatic nitrogens is 1. The Morgan fingerprint density at radius 1 is 1.09 bits per heavy atom. The lowest BCUT2D eigenvalue weighted by Gasteiger charge is -2.14. The molecule has 2 amide bonds. The topological polar surface area (TPSA) is 97.4 Å². The van der Waals surface area contributed by atoms with Crippen molar-refractivity contribution in [2.45, 2.75) is 33.3 Å². The summed E-state index contributed by atoms with van der Waals surface area (Å²) in [7, 11) is 0. The van der Waals surface area contributed by atoms with Crippen LogP contribution < -0.4 is 10.6 Å². The SMILES string of the molecule is CCc1ccc(-c2csc(NC(=O)C(C)OC(=O)/C(=C/c3ccccc3)NC(C)=O)n2)cc1. The molecule has 7 nitrogen and oxygen atoms in total. The summed E-state index contributed by atoms with van der Waals surface area (Å²) in [6.45, 7) is 4.84. The number of rotatable bonds is 8. The Labute approximate surface area is 196 Å². The summed E-state index contributed by atoms with van der Waals surface area (Å²) in [5.74, 6) is -1.76. The number of hydrogen-bond acceptors (Lipinski definition) is 6. The maximum Gasteiger partial charge on any atom is 0.355 e. The highest BCUT2D eigenvalue weighted by molar-refractivity contribution is 7.14. The Balaban J connectivity index is 1.64. The summed E-state index contributed by atoms with van der Waals surface area (Å²) < 4.78 is 5.28. The minimum absolute atomic E-state index is 0.0552. The van der Waals surface area contributed by atoms with Crippen molar-refractivity contribution in [3.05, 3.63) is 76.8 Å². The van der Waals surface area contributed by atoms with Crippen LogP contribution in [0, 0.1) is 0 Å². The van der Waals surface area contributed by atoms with E-state index >= 15 is 0 Å². The lowest BCUT2D eigenvalue weighted by molar-refractivity contribution is -0.149. The highest BCUT2D eigenvalue weighted by Gasteiger charge is 2.22. The molecule has 1 heterocycles. The molecule has 1 unspecified atom stereocenters. The van der Waals surface area contributed by atoms with Gasteiger partial charge in [-0.3, -0.25) is 14.9 Å². The summed E-state index contributed by atoms with van der Waals surface area (Å²) in [4.78, 5) is 41.1. The molecule has 0 bridgehead atoms. The lowest BCUT2D eigenvalue weighted by Crippen LogP contribution is -2.33. The highest BCUT2D eigenvalue weighted by Crippen LogP contribution is 2.25. The number of anilines is 1. The van der Waals surface area contributed by atoms with Crippen molar-refractivity contribution in [1.29, 1.82) is 0 Å². The van der Waals surface area contributed by atoms with Crippen LogP contribution in [0.25, 0.3) is 17.3 Å². The molecule has 0 spiro atoms. The van der Waals surface area contributed by atoms with Crippen molar-refractivity contribution in [3.63, 3.8) is 0 Å². The predicted octanol–water partition coefficient (Wildman–Crippen LogP) is 4.42. The van der Waals surface area contributed by atoms with Crippen LogP contribution in [-0.4, -0.2) is 28.9 Å². The smallest absolute Gasteiger partial charge is 0.355 e. The van der Waals surface area contributed by atoms with Crippen molar-refractivity contribution in [2.24, 2.45) is 0 Å². The van der Waals surface area contributed by atoms with Gasteiger partial charge in [-0.15, -0.1) is 11.3 Å². The van der Waals surface area contributed by atoms with E-state index in [9.17, 15) is 14.4 Å². The molecule has 0 aliphatic heterocycles. The van der Waals surface area contributed by atoms with Crippen LogP contribution in [0.1, 0.15) is 31.9 Å². The molecule has 0 radical (unpaired) electrons. The van der Waals surface area contributed by atoms with Crippen LogP contribution in [0.2, 0.25) is 0 Å². The van der Waals surface area contributed by atoms with Gasteiger partial charge in [0.15, 0.2) is 11.2 Å². The molecule has 1 atom stereocenters. The Morgan fingerprint density at radius 2 is 1.79 bits per heavy atom. The zero-order valence-corrected chi connectivity index (χ0v) is 19.4. The number of nitrogens with one attached hydrogen (secondary N) is 2. The molecular weight excluding hydrogens is 438 g/mol. The molecule has 1 aromatic heterocycles. The van der Waals surface area contributed by atoms with Crippen molar-refractivity contribution in [2.75, 3.05) is 5.32 Å². The van der Waals surface area contributed by atoms with Crippen molar-refractivity contribution in [3.8, 4) is 11.3 Å². The molecule has 2 N–H and O–H groups in total. The number of nitrogens with zero attached hydrogens (tertiary/aromatic N) is 1. The van der Waals surface area contributed by atoms with E-state index in [0.717, 1.165) is 17.7 Å². The van der Waals surface area contributed by atoms with Gasteiger partial charge in [0.1, 0.15) is 5.70 Å². The molecule has 2 aromatic carbocycles. The van der Waals surface area contributed by atoms with Gasteiger partial charge in [0.2, 0.25) is 5.91 Å². The van der Waals surface area contributed by atoms with Crippen LogP contribution in [0.3, 0.4) is 0 Å². The molecule has 3 aromatic rings. The third-order valence-corrected chi connectivity index (χ3v) is 5.44. The molecule has 0 saturated heterocycles. The second-order valence-electron chi connectivity index (χ2n) is 7.28. The van der Waals surface area contributed by atoms with Gasteiger partial charge in [-0.1, -0.05) is 61.5 Å². The average molecular weight is 464 g/mol. The van der Waals surface area contributed by atoms with Crippen molar-refractivity contribution >= 4 is 40.3 Å². The molecular formula is C25H25N3O4S. The summed E-state index contributed by atoms with van der Waals surface area (Å²) in [5.41, 5.74) is 3.59. The molecule has 170 valence electrons. The van der Waals surface area contributed by atoms with Crippen LogP contribution >= 0.6 is 11.3 Å². The molecule has 0 fully saturated rings. The Hall–Kier alpha value is -3.78. The largest absolute Gasteiger partial charge is 0.448 e. The van der Waals surface area contributed by atoms with E-state index in [1.54, 1.807) is 24.3 Å².